The number of hydrogen-bond donors (Lipinski definition) is 1. The number of carbonyl (C=O) groups is 1. The van der Waals surface area contributed by atoms with Crippen molar-refractivity contribution < 1.29 is 13.9 Å². The molecule has 1 fully saturated rings. The van der Waals surface area contributed by atoms with Crippen molar-refractivity contribution in [2.75, 3.05) is 19.7 Å². The van der Waals surface area contributed by atoms with E-state index < -0.39 is 6.10 Å². The zero-order chi connectivity index (χ0) is 18.2. The Morgan fingerprint density at radius 3 is 2.72 bits per heavy atom. The molecule has 0 aliphatic carbocycles. The van der Waals surface area contributed by atoms with Gasteiger partial charge in [-0.2, -0.15) is 5.10 Å². The molecule has 136 valence electrons. The van der Waals surface area contributed by atoms with Gasteiger partial charge in [0.1, 0.15) is 5.69 Å². The highest BCUT2D eigenvalue weighted by Crippen LogP contribution is 2.25. The van der Waals surface area contributed by atoms with E-state index in [2.05, 4.69) is 41.2 Å². The maximum absolute atomic E-state index is 12.8. The average Bonchev–Trinajstić information content (AvgIpc) is 3.23. The molecule has 1 saturated heterocycles. The lowest BCUT2D eigenvalue weighted by molar-refractivity contribution is -0.0352. The zero-order valence-electron chi connectivity index (χ0n) is 15.4. The number of nitrogens with zero attached hydrogens (tertiary/aromatic N) is 4. The molecule has 3 rings (SSSR count). The van der Waals surface area contributed by atoms with Gasteiger partial charge in [-0.15, -0.1) is 10.2 Å². The molecule has 2 aromatic heterocycles. The first-order chi connectivity index (χ1) is 11.8. The highest BCUT2D eigenvalue weighted by molar-refractivity contribution is 5.92. The van der Waals surface area contributed by atoms with Crippen LogP contribution in [0.4, 0.5) is 0 Å². The van der Waals surface area contributed by atoms with E-state index in [9.17, 15) is 4.79 Å². The van der Waals surface area contributed by atoms with Crippen LogP contribution in [0.2, 0.25) is 0 Å². The smallest absolute Gasteiger partial charge is 0.274 e. The quantitative estimate of drug-likeness (QED) is 0.916. The number of amides is 1. The van der Waals surface area contributed by atoms with E-state index in [4.69, 9.17) is 9.15 Å². The minimum absolute atomic E-state index is 0.0872. The molecule has 0 spiro atoms. The van der Waals surface area contributed by atoms with Crippen LogP contribution in [-0.4, -0.2) is 50.9 Å². The van der Waals surface area contributed by atoms with E-state index in [0.29, 0.717) is 37.2 Å². The van der Waals surface area contributed by atoms with Gasteiger partial charge in [0.05, 0.1) is 13.2 Å². The highest BCUT2D eigenvalue weighted by Gasteiger charge is 2.31. The average molecular weight is 347 g/mol. The molecule has 0 saturated carbocycles. The summed E-state index contributed by atoms with van der Waals surface area (Å²) in [5, 5.41) is 15.2. The first kappa shape index (κ1) is 17.6. The van der Waals surface area contributed by atoms with Crippen LogP contribution in [0, 0.1) is 0 Å². The van der Waals surface area contributed by atoms with Gasteiger partial charge in [-0.25, -0.2) is 0 Å². The Balaban J connectivity index is 1.72. The van der Waals surface area contributed by atoms with E-state index in [1.807, 2.05) is 19.9 Å². The number of morpholine rings is 1. The van der Waals surface area contributed by atoms with Crippen LogP contribution in [-0.2, 0) is 10.2 Å². The second kappa shape index (κ2) is 6.59. The van der Waals surface area contributed by atoms with Crippen molar-refractivity contribution in [2.24, 2.45) is 0 Å². The van der Waals surface area contributed by atoms with Crippen LogP contribution in [0.5, 0.6) is 0 Å². The van der Waals surface area contributed by atoms with Crippen LogP contribution < -0.4 is 0 Å². The van der Waals surface area contributed by atoms with Crippen molar-refractivity contribution in [1.82, 2.24) is 25.3 Å². The van der Waals surface area contributed by atoms with Gasteiger partial charge in [0, 0.05) is 23.6 Å². The van der Waals surface area contributed by atoms with E-state index in [-0.39, 0.29) is 17.2 Å². The maximum Gasteiger partial charge on any atom is 0.274 e. The Bertz CT molecular complexity index is 744. The number of aromatic amines is 1. The van der Waals surface area contributed by atoms with Crippen LogP contribution >= 0.6 is 0 Å². The molecular formula is C17H25N5O3. The van der Waals surface area contributed by atoms with E-state index >= 15 is 0 Å². The Morgan fingerprint density at radius 1 is 1.36 bits per heavy atom. The van der Waals surface area contributed by atoms with Gasteiger partial charge in [0.25, 0.3) is 5.91 Å². The van der Waals surface area contributed by atoms with Gasteiger partial charge in [-0.1, -0.05) is 34.6 Å². The van der Waals surface area contributed by atoms with Crippen molar-refractivity contribution in [3.63, 3.8) is 0 Å². The Morgan fingerprint density at radius 2 is 2.12 bits per heavy atom. The normalized spacial score (nSPS) is 18.8. The summed E-state index contributed by atoms with van der Waals surface area (Å²) in [5.41, 5.74) is 1.26. The summed E-state index contributed by atoms with van der Waals surface area (Å²) >= 11 is 0. The topological polar surface area (TPSA) is 97.1 Å². The molecule has 0 radical (unpaired) electrons. The molecule has 2 aromatic rings. The molecule has 25 heavy (non-hydrogen) atoms. The Kier molecular flexibility index (Phi) is 4.64. The molecule has 3 heterocycles. The van der Waals surface area contributed by atoms with Crippen LogP contribution in [0.3, 0.4) is 0 Å². The molecule has 1 aliphatic rings. The lowest BCUT2D eigenvalue weighted by Crippen LogP contribution is -2.42. The highest BCUT2D eigenvalue weighted by atomic mass is 16.5. The molecule has 0 bridgehead atoms. The van der Waals surface area contributed by atoms with E-state index in [1.165, 1.54) is 0 Å². The van der Waals surface area contributed by atoms with Gasteiger partial charge < -0.3 is 14.1 Å². The molecule has 1 atom stereocenters. The van der Waals surface area contributed by atoms with Crippen molar-refractivity contribution in [2.45, 2.75) is 52.1 Å². The number of aromatic nitrogens is 4. The van der Waals surface area contributed by atoms with Gasteiger partial charge >= 0.3 is 0 Å². The second-order valence-electron chi connectivity index (χ2n) is 7.66. The van der Waals surface area contributed by atoms with Gasteiger partial charge in [0.15, 0.2) is 6.10 Å². The molecule has 8 heteroatoms. The number of nitrogens with one attached hydrogen (secondary N) is 1. The molecular weight excluding hydrogens is 322 g/mol. The molecule has 1 N–H and O–H groups in total. The Hall–Kier alpha value is -2.22. The predicted octanol–water partition coefficient (Wildman–Crippen LogP) is 2.43. The SMILES string of the molecule is CC(C)c1nnc([C@@H]2CN(C(=O)c3cc(C(C)(C)C)[nH]n3)CCO2)o1. The fraction of sp³-hybridized carbons (Fsp3) is 0.647. The van der Waals surface area contributed by atoms with Crippen LogP contribution in [0.25, 0.3) is 0 Å². The first-order valence-corrected chi connectivity index (χ1v) is 8.55. The third-order valence-electron chi connectivity index (χ3n) is 4.18. The van der Waals surface area contributed by atoms with Crippen molar-refractivity contribution in [3.8, 4) is 0 Å². The number of rotatable bonds is 3. The van der Waals surface area contributed by atoms with Crippen molar-refractivity contribution in [1.29, 1.82) is 0 Å². The van der Waals surface area contributed by atoms with E-state index in [1.54, 1.807) is 4.90 Å². The zero-order valence-corrected chi connectivity index (χ0v) is 15.4. The minimum Gasteiger partial charge on any atom is -0.422 e. The molecule has 0 aromatic carbocycles. The van der Waals surface area contributed by atoms with Gasteiger partial charge in [-0.3, -0.25) is 9.89 Å². The Labute approximate surface area is 146 Å². The summed E-state index contributed by atoms with van der Waals surface area (Å²) in [4.78, 5) is 14.5. The van der Waals surface area contributed by atoms with Crippen molar-refractivity contribution in [3.05, 3.63) is 29.2 Å². The number of hydrogen-bond acceptors (Lipinski definition) is 6. The molecule has 1 aliphatic heterocycles. The van der Waals surface area contributed by atoms with E-state index in [0.717, 1.165) is 5.69 Å². The second-order valence-corrected chi connectivity index (χ2v) is 7.66. The lowest BCUT2D eigenvalue weighted by Gasteiger charge is -2.30. The predicted molar refractivity (Wildman–Crippen MR) is 90.3 cm³/mol. The maximum atomic E-state index is 12.8. The fourth-order valence-electron chi connectivity index (χ4n) is 2.57. The van der Waals surface area contributed by atoms with Crippen LogP contribution in [0.15, 0.2) is 10.5 Å². The summed E-state index contributed by atoms with van der Waals surface area (Å²) in [6.07, 6.45) is -0.404. The lowest BCUT2D eigenvalue weighted by atomic mass is 9.92. The van der Waals surface area contributed by atoms with Crippen molar-refractivity contribution >= 4 is 5.91 Å². The molecule has 0 unspecified atom stereocenters. The monoisotopic (exact) mass is 347 g/mol. The summed E-state index contributed by atoms with van der Waals surface area (Å²) in [7, 11) is 0. The summed E-state index contributed by atoms with van der Waals surface area (Å²) in [6, 6.07) is 1.82. The van der Waals surface area contributed by atoms with Gasteiger partial charge in [-0.05, 0) is 6.07 Å². The fourth-order valence-corrected chi connectivity index (χ4v) is 2.57. The number of carbonyl (C=O) groups excluding carboxylic acids is 1. The molecule has 8 nitrogen and oxygen atoms in total. The number of H-pyrrole nitrogens is 1. The summed E-state index contributed by atoms with van der Waals surface area (Å²) in [5.74, 6) is 1.02. The third kappa shape index (κ3) is 3.73. The standard InChI is InChI=1S/C17H25N5O3/c1-10(2)14-20-21-15(25-14)12-9-22(6-7-24-12)16(23)11-8-13(19-18-11)17(3,4)5/h8,10,12H,6-7,9H2,1-5H3,(H,18,19)/t12-/m0/s1. The van der Waals surface area contributed by atoms with Gasteiger partial charge in [0.2, 0.25) is 11.8 Å². The molecule has 1 amide bonds. The summed E-state index contributed by atoms with van der Waals surface area (Å²) in [6.45, 7) is 11.5. The third-order valence-corrected chi connectivity index (χ3v) is 4.18. The minimum atomic E-state index is -0.404. The summed E-state index contributed by atoms with van der Waals surface area (Å²) < 4.78 is 11.4. The first-order valence-electron chi connectivity index (χ1n) is 8.55. The number of ether oxygens (including phenoxy) is 1. The largest absolute Gasteiger partial charge is 0.422 e. The van der Waals surface area contributed by atoms with Crippen LogP contribution in [0.1, 0.15) is 74.6 Å².